The molecule has 0 unspecified atom stereocenters. The highest BCUT2D eigenvalue weighted by Crippen LogP contribution is 2.18. The van der Waals surface area contributed by atoms with Gasteiger partial charge in [0, 0.05) is 6.54 Å². The number of aromatic carboxylic acids is 1. The molecule has 1 aromatic rings. The summed E-state index contributed by atoms with van der Waals surface area (Å²) in [5.41, 5.74) is 0. The molecular weight excluding hydrogens is 227 g/mol. The van der Waals surface area contributed by atoms with E-state index in [1.165, 1.54) is 12.1 Å². The smallest absolute Gasteiger partial charge is 0.390 e. The fraction of sp³-hybridized carbons (Fsp3) is 0.444. The quantitative estimate of drug-likeness (QED) is 0.769. The summed E-state index contributed by atoms with van der Waals surface area (Å²) < 4.78 is 40.1. The van der Waals surface area contributed by atoms with E-state index in [0.29, 0.717) is 5.76 Å². The zero-order chi connectivity index (χ0) is 12.2. The molecular formula is C9H10F3NO3. The molecule has 0 saturated heterocycles. The molecule has 7 heteroatoms. The number of carbonyl (C=O) groups is 1. The summed E-state index contributed by atoms with van der Waals surface area (Å²) in [6.45, 7) is -0.157. The first-order chi connectivity index (χ1) is 7.38. The number of halogens is 3. The molecule has 1 aromatic heterocycles. The average Bonchev–Trinajstić information content (AvgIpc) is 2.59. The van der Waals surface area contributed by atoms with Crippen LogP contribution < -0.4 is 5.32 Å². The van der Waals surface area contributed by atoms with Crippen LogP contribution >= 0.6 is 0 Å². The minimum absolute atomic E-state index is 0.0728. The van der Waals surface area contributed by atoms with E-state index < -0.39 is 18.6 Å². The van der Waals surface area contributed by atoms with Crippen molar-refractivity contribution in [2.45, 2.75) is 19.1 Å². The average molecular weight is 237 g/mol. The van der Waals surface area contributed by atoms with E-state index in [4.69, 9.17) is 9.52 Å². The molecule has 90 valence electrons. The lowest BCUT2D eigenvalue weighted by molar-refractivity contribution is -0.133. The van der Waals surface area contributed by atoms with E-state index in [9.17, 15) is 18.0 Å². The summed E-state index contributed by atoms with van der Waals surface area (Å²) in [5.74, 6) is -1.14. The van der Waals surface area contributed by atoms with Crippen LogP contribution in [0.1, 0.15) is 22.7 Å². The maximum Gasteiger partial charge on any atom is 0.390 e. The number of furan rings is 1. The molecule has 4 nitrogen and oxygen atoms in total. The highest BCUT2D eigenvalue weighted by Gasteiger charge is 2.25. The highest BCUT2D eigenvalue weighted by atomic mass is 19.4. The molecule has 0 fully saturated rings. The van der Waals surface area contributed by atoms with Crippen molar-refractivity contribution in [3.05, 3.63) is 23.7 Å². The Balaban J connectivity index is 2.30. The Labute approximate surface area is 89.1 Å². The van der Waals surface area contributed by atoms with Gasteiger partial charge in [0.15, 0.2) is 0 Å². The Morgan fingerprint density at radius 1 is 1.44 bits per heavy atom. The molecule has 0 amide bonds. The minimum atomic E-state index is -4.19. The maximum absolute atomic E-state index is 11.8. The largest absolute Gasteiger partial charge is 0.475 e. The molecule has 16 heavy (non-hydrogen) atoms. The summed E-state index contributed by atoms with van der Waals surface area (Å²) in [4.78, 5) is 10.4. The molecule has 1 heterocycles. The predicted octanol–water partition coefficient (Wildman–Crippen LogP) is 2.02. The molecule has 0 bridgehead atoms. The van der Waals surface area contributed by atoms with Gasteiger partial charge in [-0.2, -0.15) is 13.2 Å². The number of hydrogen-bond donors (Lipinski definition) is 2. The first-order valence-electron chi connectivity index (χ1n) is 4.48. The summed E-state index contributed by atoms with van der Waals surface area (Å²) in [6.07, 6.45) is -5.12. The van der Waals surface area contributed by atoms with Crippen molar-refractivity contribution in [3.8, 4) is 0 Å². The van der Waals surface area contributed by atoms with Gasteiger partial charge in [0.2, 0.25) is 5.76 Å². The van der Waals surface area contributed by atoms with Gasteiger partial charge in [-0.1, -0.05) is 0 Å². The lowest BCUT2D eigenvalue weighted by atomic mass is 10.4. The number of nitrogens with one attached hydrogen (secondary N) is 1. The summed E-state index contributed by atoms with van der Waals surface area (Å²) in [6, 6.07) is 2.66. The van der Waals surface area contributed by atoms with Crippen LogP contribution in [0, 0.1) is 0 Å². The van der Waals surface area contributed by atoms with Gasteiger partial charge in [0.25, 0.3) is 0 Å². The van der Waals surface area contributed by atoms with Crippen LogP contribution in [0.5, 0.6) is 0 Å². The Bertz CT molecular complexity index is 359. The summed E-state index contributed by atoms with van der Waals surface area (Å²) in [7, 11) is 0. The second-order valence-electron chi connectivity index (χ2n) is 3.11. The van der Waals surface area contributed by atoms with E-state index in [0.717, 1.165) is 0 Å². The SMILES string of the molecule is O=C(O)c1ccc(CNCCC(F)(F)F)o1. The standard InChI is InChI=1S/C9H10F3NO3/c10-9(11,12)3-4-13-5-6-1-2-7(16-6)8(14)15/h1-2,13H,3-5H2,(H,14,15). The lowest BCUT2D eigenvalue weighted by Gasteiger charge is -2.06. The summed E-state index contributed by atoms with van der Waals surface area (Å²) in [5, 5.41) is 11.0. The lowest BCUT2D eigenvalue weighted by Crippen LogP contribution is -2.21. The normalized spacial score (nSPS) is 11.7. The molecule has 0 radical (unpaired) electrons. The summed E-state index contributed by atoms with van der Waals surface area (Å²) >= 11 is 0. The topological polar surface area (TPSA) is 62.5 Å². The molecule has 0 aromatic carbocycles. The van der Waals surface area contributed by atoms with Crippen LogP contribution in [0.4, 0.5) is 13.2 Å². The zero-order valence-electron chi connectivity index (χ0n) is 8.17. The van der Waals surface area contributed by atoms with Gasteiger partial charge in [0.05, 0.1) is 13.0 Å². The second-order valence-corrected chi connectivity index (χ2v) is 3.11. The van der Waals surface area contributed by atoms with Gasteiger partial charge < -0.3 is 14.8 Å². The number of carboxylic acid groups (broad SMARTS) is 1. The third kappa shape index (κ3) is 4.35. The van der Waals surface area contributed by atoms with E-state index >= 15 is 0 Å². The van der Waals surface area contributed by atoms with Crippen LogP contribution in [-0.4, -0.2) is 23.8 Å². The molecule has 1 rings (SSSR count). The molecule has 0 spiro atoms. The number of alkyl halides is 3. The number of hydrogen-bond acceptors (Lipinski definition) is 3. The van der Waals surface area contributed by atoms with Crippen molar-refractivity contribution in [2.24, 2.45) is 0 Å². The minimum Gasteiger partial charge on any atom is -0.475 e. The van der Waals surface area contributed by atoms with Gasteiger partial charge >= 0.3 is 12.1 Å². The van der Waals surface area contributed by atoms with Crippen molar-refractivity contribution < 1.29 is 27.5 Å². The van der Waals surface area contributed by atoms with E-state index in [-0.39, 0.29) is 18.8 Å². The van der Waals surface area contributed by atoms with Crippen LogP contribution in [0.25, 0.3) is 0 Å². The zero-order valence-corrected chi connectivity index (χ0v) is 8.17. The third-order valence-electron chi connectivity index (χ3n) is 1.76. The fourth-order valence-corrected chi connectivity index (χ4v) is 1.03. The van der Waals surface area contributed by atoms with Gasteiger partial charge in [-0.05, 0) is 12.1 Å². The van der Waals surface area contributed by atoms with Gasteiger partial charge in [-0.3, -0.25) is 0 Å². The van der Waals surface area contributed by atoms with Crippen LogP contribution in [0.2, 0.25) is 0 Å². The Kier molecular flexibility index (Phi) is 3.94. The molecule has 0 atom stereocenters. The van der Waals surface area contributed by atoms with Crippen LogP contribution in [0.15, 0.2) is 16.5 Å². The third-order valence-corrected chi connectivity index (χ3v) is 1.76. The van der Waals surface area contributed by atoms with Gasteiger partial charge in [0.1, 0.15) is 5.76 Å². The van der Waals surface area contributed by atoms with Crippen molar-refractivity contribution in [3.63, 3.8) is 0 Å². The predicted molar refractivity (Wildman–Crippen MR) is 48.0 cm³/mol. The van der Waals surface area contributed by atoms with Crippen molar-refractivity contribution in [2.75, 3.05) is 6.54 Å². The molecule has 0 aliphatic heterocycles. The highest BCUT2D eigenvalue weighted by molar-refractivity contribution is 5.84. The molecule has 0 aliphatic rings. The van der Waals surface area contributed by atoms with E-state index in [1.54, 1.807) is 0 Å². The van der Waals surface area contributed by atoms with Crippen molar-refractivity contribution >= 4 is 5.97 Å². The first kappa shape index (κ1) is 12.6. The first-order valence-corrected chi connectivity index (χ1v) is 4.48. The number of carboxylic acids is 1. The molecule has 2 N–H and O–H groups in total. The van der Waals surface area contributed by atoms with Crippen molar-refractivity contribution in [1.29, 1.82) is 0 Å². The maximum atomic E-state index is 11.8. The van der Waals surface area contributed by atoms with Gasteiger partial charge in [-0.25, -0.2) is 4.79 Å². The van der Waals surface area contributed by atoms with E-state index in [1.807, 2.05) is 0 Å². The Hall–Kier alpha value is -1.50. The number of rotatable bonds is 5. The Morgan fingerprint density at radius 3 is 2.62 bits per heavy atom. The molecule has 0 aliphatic carbocycles. The fourth-order valence-electron chi connectivity index (χ4n) is 1.03. The van der Waals surface area contributed by atoms with Crippen LogP contribution in [0.3, 0.4) is 0 Å². The van der Waals surface area contributed by atoms with Crippen LogP contribution in [-0.2, 0) is 6.54 Å². The second kappa shape index (κ2) is 5.02. The molecule has 0 saturated carbocycles. The Morgan fingerprint density at radius 2 is 2.12 bits per heavy atom. The van der Waals surface area contributed by atoms with Crippen molar-refractivity contribution in [1.82, 2.24) is 5.32 Å². The van der Waals surface area contributed by atoms with Gasteiger partial charge in [-0.15, -0.1) is 0 Å². The van der Waals surface area contributed by atoms with E-state index in [2.05, 4.69) is 5.32 Å². The monoisotopic (exact) mass is 237 g/mol.